The van der Waals surface area contributed by atoms with Gasteiger partial charge < -0.3 is 5.32 Å². The zero-order chi connectivity index (χ0) is 14.0. The van der Waals surface area contributed by atoms with Gasteiger partial charge in [0.15, 0.2) is 5.69 Å². The molecule has 0 atom stereocenters. The first kappa shape index (κ1) is 13.6. The highest BCUT2D eigenvalue weighted by molar-refractivity contribution is 6.33. The molecule has 0 radical (unpaired) electrons. The van der Waals surface area contributed by atoms with Crippen LogP contribution in [-0.2, 0) is 20.1 Å². The van der Waals surface area contributed by atoms with E-state index in [0.29, 0.717) is 11.6 Å². The summed E-state index contributed by atoms with van der Waals surface area (Å²) in [6.45, 7) is 5.16. The highest BCUT2D eigenvalue weighted by Gasteiger charge is 2.15. The number of rotatable bonds is 4. The van der Waals surface area contributed by atoms with Crippen molar-refractivity contribution in [2.24, 2.45) is 7.05 Å². The standard InChI is InChI=1S/C12H16ClN5O/c1-4-18-6-9(8(2)15-18)5-14-12(19)11-10(13)7-17(3)16-11/h6-7H,4-5H2,1-3H3,(H,14,19). The fourth-order valence-corrected chi connectivity index (χ4v) is 2.03. The molecule has 1 amide bonds. The smallest absolute Gasteiger partial charge is 0.273 e. The molecule has 0 aliphatic heterocycles. The van der Waals surface area contributed by atoms with Crippen molar-refractivity contribution >= 4 is 17.5 Å². The van der Waals surface area contributed by atoms with Gasteiger partial charge in [-0.05, 0) is 13.8 Å². The number of aromatic nitrogens is 4. The van der Waals surface area contributed by atoms with Crippen molar-refractivity contribution in [1.82, 2.24) is 24.9 Å². The molecule has 0 bridgehead atoms. The van der Waals surface area contributed by atoms with Crippen LogP contribution >= 0.6 is 11.6 Å². The van der Waals surface area contributed by atoms with Crippen LogP contribution in [-0.4, -0.2) is 25.5 Å². The van der Waals surface area contributed by atoms with E-state index < -0.39 is 0 Å². The van der Waals surface area contributed by atoms with Gasteiger partial charge in [0.05, 0.1) is 10.7 Å². The van der Waals surface area contributed by atoms with Crippen molar-refractivity contribution < 1.29 is 4.79 Å². The van der Waals surface area contributed by atoms with Crippen molar-refractivity contribution in [2.75, 3.05) is 0 Å². The van der Waals surface area contributed by atoms with Crippen molar-refractivity contribution in [1.29, 1.82) is 0 Å². The lowest BCUT2D eigenvalue weighted by molar-refractivity contribution is 0.0945. The van der Waals surface area contributed by atoms with Crippen molar-refractivity contribution in [3.63, 3.8) is 0 Å². The van der Waals surface area contributed by atoms with E-state index in [9.17, 15) is 4.79 Å². The van der Waals surface area contributed by atoms with Crippen LogP contribution in [0.15, 0.2) is 12.4 Å². The Morgan fingerprint density at radius 2 is 2.16 bits per heavy atom. The number of carbonyl (C=O) groups excluding carboxylic acids is 1. The van der Waals surface area contributed by atoms with E-state index in [1.807, 2.05) is 24.7 Å². The number of halogens is 1. The molecule has 0 saturated carbocycles. The lowest BCUT2D eigenvalue weighted by Gasteiger charge is -2.02. The van der Waals surface area contributed by atoms with Gasteiger partial charge in [-0.2, -0.15) is 10.2 Å². The summed E-state index contributed by atoms with van der Waals surface area (Å²) in [6.07, 6.45) is 3.52. The Morgan fingerprint density at radius 1 is 1.42 bits per heavy atom. The van der Waals surface area contributed by atoms with Gasteiger partial charge in [-0.1, -0.05) is 11.6 Å². The Labute approximate surface area is 116 Å². The molecule has 19 heavy (non-hydrogen) atoms. The van der Waals surface area contributed by atoms with E-state index >= 15 is 0 Å². The average Bonchev–Trinajstić information content (AvgIpc) is 2.89. The highest BCUT2D eigenvalue weighted by Crippen LogP contribution is 2.13. The maximum Gasteiger partial charge on any atom is 0.273 e. The largest absolute Gasteiger partial charge is 0.346 e. The molecule has 102 valence electrons. The van der Waals surface area contributed by atoms with Crippen LogP contribution in [0, 0.1) is 6.92 Å². The molecule has 1 N–H and O–H groups in total. The number of nitrogens with one attached hydrogen (secondary N) is 1. The van der Waals surface area contributed by atoms with E-state index in [1.165, 1.54) is 4.68 Å². The van der Waals surface area contributed by atoms with Gasteiger partial charge in [-0.25, -0.2) is 0 Å². The summed E-state index contributed by atoms with van der Waals surface area (Å²) in [5.74, 6) is -0.283. The van der Waals surface area contributed by atoms with E-state index in [4.69, 9.17) is 11.6 Å². The van der Waals surface area contributed by atoms with E-state index in [0.717, 1.165) is 17.8 Å². The lowest BCUT2D eigenvalue weighted by Crippen LogP contribution is -2.23. The minimum absolute atomic E-state index is 0.240. The molecule has 2 aromatic heterocycles. The summed E-state index contributed by atoms with van der Waals surface area (Å²) in [7, 11) is 1.72. The third-order valence-electron chi connectivity index (χ3n) is 2.81. The van der Waals surface area contributed by atoms with Crippen LogP contribution in [0.1, 0.15) is 28.7 Å². The van der Waals surface area contributed by atoms with Crippen LogP contribution in [0.2, 0.25) is 5.02 Å². The molecular formula is C12H16ClN5O. The molecule has 0 aromatic carbocycles. The number of amides is 1. The van der Waals surface area contributed by atoms with Gasteiger partial charge in [-0.3, -0.25) is 14.2 Å². The maximum atomic E-state index is 11.9. The third kappa shape index (κ3) is 2.96. The highest BCUT2D eigenvalue weighted by atomic mass is 35.5. The molecular weight excluding hydrogens is 266 g/mol. The molecule has 0 aliphatic rings. The second kappa shape index (κ2) is 5.44. The number of hydrogen-bond donors (Lipinski definition) is 1. The predicted molar refractivity (Wildman–Crippen MR) is 72.0 cm³/mol. The van der Waals surface area contributed by atoms with Gasteiger partial charge in [0.1, 0.15) is 0 Å². The van der Waals surface area contributed by atoms with Crippen molar-refractivity contribution in [3.8, 4) is 0 Å². The summed E-state index contributed by atoms with van der Waals surface area (Å²) in [5.41, 5.74) is 2.14. The summed E-state index contributed by atoms with van der Waals surface area (Å²) < 4.78 is 3.35. The normalized spacial score (nSPS) is 10.7. The van der Waals surface area contributed by atoms with Crippen molar-refractivity contribution in [2.45, 2.75) is 26.9 Å². The van der Waals surface area contributed by atoms with Gasteiger partial charge in [-0.15, -0.1) is 0 Å². The molecule has 0 fully saturated rings. The van der Waals surface area contributed by atoms with Crippen LogP contribution in [0.25, 0.3) is 0 Å². The molecule has 2 heterocycles. The Balaban J connectivity index is 2.04. The molecule has 0 aliphatic carbocycles. The molecule has 2 rings (SSSR count). The summed E-state index contributed by atoms with van der Waals surface area (Å²) >= 11 is 5.92. The molecule has 0 saturated heterocycles. The van der Waals surface area contributed by atoms with Gasteiger partial charge in [0.25, 0.3) is 5.91 Å². The zero-order valence-corrected chi connectivity index (χ0v) is 11.9. The van der Waals surface area contributed by atoms with Gasteiger partial charge >= 0.3 is 0 Å². The molecule has 0 spiro atoms. The van der Waals surface area contributed by atoms with Crippen LogP contribution < -0.4 is 5.32 Å². The van der Waals surface area contributed by atoms with E-state index in [2.05, 4.69) is 15.5 Å². The fourth-order valence-electron chi connectivity index (χ4n) is 1.77. The fraction of sp³-hybridized carbons (Fsp3) is 0.417. The first-order chi connectivity index (χ1) is 9.01. The Hall–Kier alpha value is -1.82. The Bertz CT molecular complexity index is 601. The number of carbonyl (C=O) groups is 1. The van der Waals surface area contributed by atoms with E-state index in [1.54, 1.807) is 13.2 Å². The third-order valence-corrected chi connectivity index (χ3v) is 3.09. The van der Waals surface area contributed by atoms with Crippen LogP contribution in [0.5, 0.6) is 0 Å². The summed E-state index contributed by atoms with van der Waals surface area (Å²) in [6, 6.07) is 0. The maximum absolute atomic E-state index is 11.9. The minimum atomic E-state index is -0.283. The first-order valence-electron chi connectivity index (χ1n) is 6.01. The number of hydrogen-bond acceptors (Lipinski definition) is 3. The van der Waals surface area contributed by atoms with Crippen molar-refractivity contribution in [3.05, 3.63) is 34.4 Å². The quantitative estimate of drug-likeness (QED) is 0.924. The SMILES string of the molecule is CCn1cc(CNC(=O)c2nn(C)cc2Cl)c(C)n1. The Morgan fingerprint density at radius 3 is 2.68 bits per heavy atom. The van der Waals surface area contributed by atoms with Crippen LogP contribution in [0.4, 0.5) is 0 Å². The second-order valence-corrected chi connectivity index (χ2v) is 4.68. The molecule has 7 heteroatoms. The van der Waals surface area contributed by atoms with Crippen LogP contribution in [0.3, 0.4) is 0 Å². The molecule has 2 aromatic rings. The van der Waals surface area contributed by atoms with E-state index in [-0.39, 0.29) is 11.6 Å². The van der Waals surface area contributed by atoms with Gasteiger partial charge in [0, 0.05) is 38.1 Å². The summed E-state index contributed by atoms with van der Waals surface area (Å²) in [4.78, 5) is 11.9. The average molecular weight is 282 g/mol. The summed E-state index contributed by atoms with van der Waals surface area (Å²) in [5, 5.41) is 11.5. The molecule has 0 unspecified atom stereocenters. The monoisotopic (exact) mass is 281 g/mol. The predicted octanol–water partition coefficient (Wildman–Crippen LogP) is 1.53. The second-order valence-electron chi connectivity index (χ2n) is 4.28. The topological polar surface area (TPSA) is 64.7 Å². The number of nitrogens with zero attached hydrogens (tertiary/aromatic N) is 4. The Kier molecular flexibility index (Phi) is 3.90. The molecule has 6 nitrogen and oxygen atoms in total. The number of aryl methyl sites for hydroxylation is 3. The first-order valence-corrected chi connectivity index (χ1v) is 6.39. The minimum Gasteiger partial charge on any atom is -0.346 e. The lowest BCUT2D eigenvalue weighted by atomic mass is 10.2. The zero-order valence-electron chi connectivity index (χ0n) is 11.1. The van der Waals surface area contributed by atoms with Gasteiger partial charge in [0.2, 0.25) is 0 Å².